The van der Waals surface area contributed by atoms with Gasteiger partial charge in [-0.1, -0.05) is 30.0 Å². The Kier molecular flexibility index (Phi) is 6.76. The van der Waals surface area contributed by atoms with E-state index in [1.165, 1.54) is 11.1 Å². The van der Waals surface area contributed by atoms with Gasteiger partial charge in [0.2, 0.25) is 5.91 Å². The predicted molar refractivity (Wildman–Crippen MR) is 130 cm³/mol. The molecule has 1 saturated heterocycles. The highest BCUT2D eigenvalue weighted by Gasteiger charge is 2.38. The van der Waals surface area contributed by atoms with Crippen LogP contribution in [0.3, 0.4) is 0 Å². The summed E-state index contributed by atoms with van der Waals surface area (Å²) in [5.41, 5.74) is 5.63. The highest BCUT2D eigenvalue weighted by molar-refractivity contribution is 7.99. The molecule has 4 rings (SSSR count). The Morgan fingerprint density at radius 3 is 2.75 bits per heavy atom. The van der Waals surface area contributed by atoms with E-state index in [1.807, 2.05) is 44.2 Å². The Morgan fingerprint density at radius 1 is 1.25 bits per heavy atom. The number of methoxy groups -OCH3 is 1. The number of aromatic amines is 1. The summed E-state index contributed by atoms with van der Waals surface area (Å²) < 4.78 is 5.47. The number of likely N-dealkylation sites (tertiary alicyclic amines) is 1. The van der Waals surface area contributed by atoms with Crippen LogP contribution in [0.4, 0.5) is 0 Å². The van der Waals surface area contributed by atoms with Crippen molar-refractivity contribution in [3.8, 4) is 5.75 Å². The zero-order chi connectivity index (χ0) is 22.8. The molecule has 0 saturated carbocycles. The minimum Gasteiger partial charge on any atom is -0.496 e. The zero-order valence-corrected chi connectivity index (χ0v) is 20.3. The van der Waals surface area contributed by atoms with Crippen LogP contribution in [-0.2, 0) is 11.3 Å². The first-order valence-electron chi connectivity index (χ1n) is 11.1. The van der Waals surface area contributed by atoms with Crippen LogP contribution >= 0.6 is 11.8 Å². The Hall–Kier alpha value is -2.51. The van der Waals surface area contributed by atoms with Gasteiger partial charge in [0.15, 0.2) is 5.16 Å². The number of hydrogen-bond donors (Lipinski definition) is 2. The third-order valence-electron chi connectivity index (χ3n) is 6.19. The highest BCUT2D eigenvalue weighted by Crippen LogP contribution is 2.34. The monoisotopic (exact) mass is 452 g/mol. The first kappa shape index (κ1) is 22.7. The lowest BCUT2D eigenvalue weighted by Gasteiger charge is -2.25. The second-order valence-electron chi connectivity index (χ2n) is 8.82. The van der Waals surface area contributed by atoms with Gasteiger partial charge in [0, 0.05) is 24.4 Å². The Balaban J connectivity index is 1.54. The molecule has 1 aliphatic rings. The van der Waals surface area contributed by atoms with Gasteiger partial charge < -0.3 is 15.0 Å². The topological polar surface area (TPSA) is 70.2 Å². The highest BCUT2D eigenvalue weighted by atomic mass is 32.2. The normalized spacial score (nSPS) is 19.1. The van der Waals surface area contributed by atoms with Gasteiger partial charge in [-0.25, -0.2) is 4.98 Å². The molecule has 0 aliphatic carbocycles. The maximum Gasteiger partial charge on any atom is 0.237 e. The number of ether oxygens (including phenoxy) is 1. The van der Waals surface area contributed by atoms with Crippen LogP contribution < -0.4 is 10.1 Å². The molecule has 1 aromatic heterocycles. The molecule has 7 heteroatoms. The predicted octanol–water partition coefficient (Wildman–Crippen LogP) is 4.45. The first-order valence-corrected chi connectivity index (χ1v) is 12.0. The number of imidazole rings is 1. The molecule has 3 aromatic rings. The SMILES string of the molecule is COc1ccc(CN2C[C@@H](Sc3nc4ccccc4[nH]3)C[C@H]2C(=O)NC(C)C)c(C)c1C. The summed E-state index contributed by atoms with van der Waals surface area (Å²) in [4.78, 5) is 23.5. The number of carbonyl (C=O) groups excluding carboxylic acids is 1. The number of carbonyl (C=O) groups is 1. The zero-order valence-electron chi connectivity index (χ0n) is 19.4. The van der Waals surface area contributed by atoms with E-state index in [0.717, 1.165) is 47.0 Å². The van der Waals surface area contributed by atoms with Crippen molar-refractivity contribution in [3.63, 3.8) is 0 Å². The largest absolute Gasteiger partial charge is 0.496 e. The van der Waals surface area contributed by atoms with Gasteiger partial charge in [0.05, 0.1) is 24.2 Å². The van der Waals surface area contributed by atoms with Gasteiger partial charge in [0.25, 0.3) is 0 Å². The summed E-state index contributed by atoms with van der Waals surface area (Å²) in [5, 5.41) is 4.32. The summed E-state index contributed by atoms with van der Waals surface area (Å²) in [6, 6.07) is 12.2. The van der Waals surface area contributed by atoms with Crippen molar-refractivity contribution >= 4 is 28.7 Å². The van der Waals surface area contributed by atoms with E-state index in [0.29, 0.717) is 0 Å². The quantitative estimate of drug-likeness (QED) is 0.554. The molecular weight excluding hydrogens is 420 g/mol. The summed E-state index contributed by atoms with van der Waals surface area (Å²) in [7, 11) is 1.70. The van der Waals surface area contributed by atoms with Gasteiger partial charge in [0.1, 0.15) is 5.75 Å². The van der Waals surface area contributed by atoms with Gasteiger partial charge in [-0.15, -0.1) is 0 Å². The molecule has 2 heterocycles. The molecule has 1 fully saturated rings. The number of nitrogens with one attached hydrogen (secondary N) is 2. The van der Waals surface area contributed by atoms with Crippen molar-refractivity contribution < 1.29 is 9.53 Å². The number of amides is 1. The maximum atomic E-state index is 13.0. The van der Waals surface area contributed by atoms with Crippen molar-refractivity contribution in [2.75, 3.05) is 13.7 Å². The van der Waals surface area contributed by atoms with Gasteiger partial charge in [-0.3, -0.25) is 9.69 Å². The minimum atomic E-state index is -0.152. The first-order chi connectivity index (χ1) is 15.4. The van der Waals surface area contributed by atoms with Crippen molar-refractivity contribution in [1.29, 1.82) is 0 Å². The number of aromatic nitrogens is 2. The van der Waals surface area contributed by atoms with Crippen molar-refractivity contribution in [2.24, 2.45) is 0 Å². The number of rotatable bonds is 7. The van der Waals surface area contributed by atoms with Crippen molar-refractivity contribution in [3.05, 3.63) is 53.1 Å². The number of H-pyrrole nitrogens is 1. The molecule has 32 heavy (non-hydrogen) atoms. The fraction of sp³-hybridized carbons (Fsp3) is 0.440. The molecular formula is C25H32N4O2S. The molecule has 6 nitrogen and oxygen atoms in total. The number of benzene rings is 2. The molecule has 0 unspecified atom stereocenters. The summed E-state index contributed by atoms with van der Waals surface area (Å²) in [6.07, 6.45) is 0.800. The Bertz CT molecular complexity index is 1080. The molecule has 2 N–H and O–H groups in total. The van der Waals surface area contributed by atoms with E-state index in [1.54, 1.807) is 18.9 Å². The van der Waals surface area contributed by atoms with Gasteiger partial charge >= 0.3 is 0 Å². The molecule has 0 bridgehead atoms. The van der Waals surface area contributed by atoms with E-state index in [-0.39, 0.29) is 23.2 Å². The van der Waals surface area contributed by atoms with Crippen LogP contribution in [0.15, 0.2) is 41.6 Å². The lowest BCUT2D eigenvalue weighted by molar-refractivity contribution is -0.126. The number of nitrogens with zero attached hydrogens (tertiary/aromatic N) is 2. The van der Waals surface area contributed by atoms with Crippen LogP contribution in [0.2, 0.25) is 0 Å². The lowest BCUT2D eigenvalue weighted by Crippen LogP contribution is -2.45. The van der Waals surface area contributed by atoms with E-state index in [2.05, 4.69) is 35.1 Å². The number of para-hydroxylation sites is 2. The van der Waals surface area contributed by atoms with Gasteiger partial charge in [-0.2, -0.15) is 0 Å². The number of fused-ring (bicyclic) bond motifs is 1. The minimum absolute atomic E-state index is 0.107. The van der Waals surface area contributed by atoms with Crippen LogP contribution in [0.25, 0.3) is 11.0 Å². The van der Waals surface area contributed by atoms with Crippen LogP contribution in [0.5, 0.6) is 5.75 Å². The smallest absolute Gasteiger partial charge is 0.237 e. The van der Waals surface area contributed by atoms with Crippen LogP contribution in [0, 0.1) is 13.8 Å². The van der Waals surface area contributed by atoms with Crippen molar-refractivity contribution in [2.45, 2.75) is 63.2 Å². The maximum absolute atomic E-state index is 13.0. The average molecular weight is 453 g/mol. The fourth-order valence-corrected chi connectivity index (χ4v) is 5.56. The standard InChI is InChI=1S/C25H32N4O2S/c1-15(2)26-24(30)22-12-19(32-25-27-20-8-6-7-9-21(20)28-25)14-29(22)13-18-10-11-23(31-5)17(4)16(18)3/h6-11,15,19,22H,12-14H2,1-5H3,(H,26,30)(H,27,28)/t19-,22-/m0/s1. The van der Waals surface area contributed by atoms with Crippen LogP contribution in [0.1, 0.15) is 37.0 Å². The third kappa shape index (κ3) is 4.79. The molecule has 2 aromatic carbocycles. The molecule has 1 aliphatic heterocycles. The third-order valence-corrected chi connectivity index (χ3v) is 7.28. The molecule has 0 radical (unpaired) electrons. The number of hydrogen-bond acceptors (Lipinski definition) is 5. The second kappa shape index (κ2) is 9.55. The fourth-order valence-electron chi connectivity index (χ4n) is 4.38. The van der Waals surface area contributed by atoms with E-state index in [9.17, 15) is 4.79 Å². The van der Waals surface area contributed by atoms with Gasteiger partial charge in [-0.05, 0) is 69.0 Å². The second-order valence-corrected chi connectivity index (χ2v) is 10.1. The molecule has 1 amide bonds. The average Bonchev–Trinajstić information content (AvgIpc) is 3.34. The van der Waals surface area contributed by atoms with Crippen LogP contribution in [-0.4, -0.2) is 51.8 Å². The van der Waals surface area contributed by atoms with E-state index >= 15 is 0 Å². The van der Waals surface area contributed by atoms with E-state index in [4.69, 9.17) is 9.72 Å². The summed E-state index contributed by atoms with van der Waals surface area (Å²) >= 11 is 1.74. The van der Waals surface area contributed by atoms with E-state index < -0.39 is 0 Å². The summed E-state index contributed by atoms with van der Waals surface area (Å²) in [6.45, 7) is 9.81. The summed E-state index contributed by atoms with van der Waals surface area (Å²) in [5.74, 6) is 1.01. The number of thioether (sulfide) groups is 1. The molecule has 170 valence electrons. The van der Waals surface area contributed by atoms with Crippen molar-refractivity contribution in [1.82, 2.24) is 20.2 Å². The Labute approximate surface area is 194 Å². The molecule has 2 atom stereocenters. The Morgan fingerprint density at radius 2 is 2.03 bits per heavy atom. The lowest BCUT2D eigenvalue weighted by atomic mass is 10.0. The molecule has 0 spiro atoms.